The van der Waals surface area contributed by atoms with Crippen LogP contribution in [0.1, 0.15) is 24.5 Å². The van der Waals surface area contributed by atoms with Crippen molar-refractivity contribution in [2.75, 3.05) is 26.4 Å². The lowest BCUT2D eigenvalue weighted by Gasteiger charge is -2.20. The number of carbonyl (C=O) groups is 1. The molecule has 0 fully saturated rings. The molecule has 2 aliphatic rings. The van der Waals surface area contributed by atoms with Crippen LogP contribution in [0.5, 0.6) is 11.5 Å². The fourth-order valence-corrected chi connectivity index (χ4v) is 4.03. The van der Waals surface area contributed by atoms with Crippen LogP contribution < -0.4 is 9.47 Å². The Hall–Kier alpha value is -3.43. The lowest BCUT2D eigenvalue weighted by atomic mass is 10.1. The Morgan fingerprint density at radius 1 is 1.03 bits per heavy atom. The zero-order valence-corrected chi connectivity index (χ0v) is 19.9. The highest BCUT2D eigenvalue weighted by Crippen LogP contribution is 2.29. The number of thioether (sulfide) groups is 1. The van der Waals surface area contributed by atoms with E-state index in [2.05, 4.69) is 10.1 Å². The van der Waals surface area contributed by atoms with Gasteiger partial charge < -0.3 is 14.2 Å². The fraction of sp³-hybridized carbons (Fsp3) is 0.280. The number of nitrogens with one attached hydrogen (secondary N) is 1. The molecule has 8 nitrogen and oxygen atoms in total. The van der Waals surface area contributed by atoms with Crippen molar-refractivity contribution in [2.24, 2.45) is 10.1 Å². The van der Waals surface area contributed by atoms with Gasteiger partial charge in [0.2, 0.25) is 5.17 Å². The van der Waals surface area contributed by atoms with Crippen molar-refractivity contribution in [3.8, 4) is 11.5 Å². The number of rotatable bonds is 10. The maximum Gasteiger partial charge on any atom is 0.283 e. The highest BCUT2D eigenvalue weighted by Gasteiger charge is 2.35. The topological polar surface area (TPSA) is 96.6 Å². The zero-order chi connectivity index (χ0) is 23.9. The summed E-state index contributed by atoms with van der Waals surface area (Å²) in [4.78, 5) is 16.6. The first-order valence-electron chi connectivity index (χ1n) is 11.0. The number of aliphatic imine (C=N–C) groups is 1. The number of carbonyl (C=O) groups excluding carboxylic acids is 1. The monoisotopic (exact) mass is 478 g/mol. The SMILES string of the molecule is CCC1=NN2C(=N)/C(=C/c3cccc(OCCOCCOc4ccc(C)cc4)c3)C(=O)N=C2S1. The van der Waals surface area contributed by atoms with Crippen LogP contribution in [0.3, 0.4) is 0 Å². The third-order valence-electron chi connectivity index (χ3n) is 4.98. The van der Waals surface area contributed by atoms with Crippen LogP contribution in [-0.2, 0) is 9.53 Å². The van der Waals surface area contributed by atoms with Crippen molar-refractivity contribution < 1.29 is 19.0 Å². The molecule has 1 N–H and O–H groups in total. The summed E-state index contributed by atoms with van der Waals surface area (Å²) in [5, 5.41) is 15.4. The number of amidine groups is 2. The van der Waals surface area contributed by atoms with Crippen LogP contribution in [0.15, 0.2) is 64.2 Å². The third-order valence-corrected chi connectivity index (χ3v) is 6.03. The van der Waals surface area contributed by atoms with Crippen molar-refractivity contribution >= 4 is 39.8 Å². The molecule has 0 bridgehead atoms. The third kappa shape index (κ3) is 5.92. The predicted molar refractivity (Wildman–Crippen MR) is 135 cm³/mol. The molecule has 2 aliphatic heterocycles. The summed E-state index contributed by atoms with van der Waals surface area (Å²) in [6.45, 7) is 5.75. The first kappa shape index (κ1) is 23.7. The lowest BCUT2D eigenvalue weighted by molar-refractivity contribution is -0.114. The smallest absolute Gasteiger partial charge is 0.283 e. The number of ether oxygens (including phenoxy) is 3. The number of hydrazone groups is 1. The molecular formula is C25H26N4O4S. The molecule has 0 aromatic heterocycles. The van der Waals surface area contributed by atoms with Gasteiger partial charge in [-0.2, -0.15) is 15.1 Å². The second kappa shape index (κ2) is 11.1. The lowest BCUT2D eigenvalue weighted by Crippen LogP contribution is -2.35. The first-order valence-corrected chi connectivity index (χ1v) is 11.8. The summed E-state index contributed by atoms with van der Waals surface area (Å²) in [5.74, 6) is 1.06. The summed E-state index contributed by atoms with van der Waals surface area (Å²) in [6, 6.07) is 15.2. The van der Waals surface area contributed by atoms with Crippen LogP contribution in [0, 0.1) is 12.3 Å². The minimum Gasteiger partial charge on any atom is -0.491 e. The molecule has 0 atom stereocenters. The highest BCUT2D eigenvalue weighted by atomic mass is 32.2. The van der Waals surface area contributed by atoms with E-state index in [0.29, 0.717) is 37.3 Å². The van der Waals surface area contributed by atoms with E-state index in [9.17, 15) is 4.79 Å². The van der Waals surface area contributed by atoms with E-state index < -0.39 is 5.91 Å². The van der Waals surface area contributed by atoms with Crippen LogP contribution in [0.25, 0.3) is 6.08 Å². The number of nitrogens with zero attached hydrogens (tertiary/aromatic N) is 3. The largest absolute Gasteiger partial charge is 0.491 e. The summed E-state index contributed by atoms with van der Waals surface area (Å²) in [7, 11) is 0. The maximum atomic E-state index is 12.5. The van der Waals surface area contributed by atoms with E-state index in [1.54, 1.807) is 6.08 Å². The molecule has 0 radical (unpaired) electrons. The van der Waals surface area contributed by atoms with E-state index in [-0.39, 0.29) is 11.4 Å². The van der Waals surface area contributed by atoms with E-state index in [4.69, 9.17) is 19.6 Å². The minimum atomic E-state index is -0.441. The summed E-state index contributed by atoms with van der Waals surface area (Å²) < 4.78 is 17.0. The summed E-state index contributed by atoms with van der Waals surface area (Å²) in [5.41, 5.74) is 2.13. The Morgan fingerprint density at radius 3 is 2.50 bits per heavy atom. The van der Waals surface area contributed by atoms with E-state index >= 15 is 0 Å². The van der Waals surface area contributed by atoms with Crippen molar-refractivity contribution in [3.63, 3.8) is 0 Å². The van der Waals surface area contributed by atoms with Gasteiger partial charge in [-0.25, -0.2) is 0 Å². The number of aryl methyl sites for hydroxylation is 1. The van der Waals surface area contributed by atoms with Gasteiger partial charge in [-0.1, -0.05) is 36.8 Å². The maximum absolute atomic E-state index is 12.5. The Bertz CT molecular complexity index is 1160. The number of benzene rings is 2. The molecule has 0 saturated heterocycles. The van der Waals surface area contributed by atoms with Crippen molar-refractivity contribution in [1.82, 2.24) is 5.01 Å². The van der Waals surface area contributed by atoms with Gasteiger partial charge >= 0.3 is 0 Å². The highest BCUT2D eigenvalue weighted by molar-refractivity contribution is 8.26. The Balaban J connectivity index is 1.26. The first-order chi connectivity index (χ1) is 16.5. The van der Waals surface area contributed by atoms with E-state index in [1.807, 2.05) is 62.4 Å². The molecule has 0 spiro atoms. The molecule has 2 aromatic carbocycles. The minimum absolute atomic E-state index is 0.0264. The quantitative estimate of drug-likeness (QED) is 0.399. The molecule has 0 aliphatic carbocycles. The van der Waals surface area contributed by atoms with Gasteiger partial charge in [0.15, 0.2) is 5.84 Å². The molecule has 2 aromatic rings. The molecule has 176 valence electrons. The van der Waals surface area contributed by atoms with Crippen LogP contribution in [-0.4, -0.2) is 53.4 Å². The second-order valence-corrected chi connectivity index (χ2v) is 8.60. The Labute approximate surface area is 202 Å². The number of fused-ring (bicyclic) bond motifs is 1. The van der Waals surface area contributed by atoms with Gasteiger partial charge in [0.25, 0.3) is 5.91 Å². The number of amides is 1. The summed E-state index contributed by atoms with van der Waals surface area (Å²) >= 11 is 1.33. The van der Waals surface area contributed by atoms with Crippen molar-refractivity contribution in [3.05, 3.63) is 65.2 Å². The van der Waals surface area contributed by atoms with Gasteiger partial charge in [0.1, 0.15) is 29.8 Å². The normalized spacial score (nSPS) is 16.4. The van der Waals surface area contributed by atoms with Gasteiger partial charge in [0.05, 0.1) is 18.8 Å². The number of hydrogen-bond acceptors (Lipinski definition) is 7. The Kier molecular flexibility index (Phi) is 7.76. The molecule has 34 heavy (non-hydrogen) atoms. The predicted octanol–water partition coefficient (Wildman–Crippen LogP) is 4.50. The second-order valence-electron chi connectivity index (χ2n) is 7.56. The summed E-state index contributed by atoms with van der Waals surface area (Å²) in [6.07, 6.45) is 2.37. The van der Waals surface area contributed by atoms with Gasteiger partial charge in [-0.15, -0.1) is 0 Å². The van der Waals surface area contributed by atoms with Crippen LogP contribution >= 0.6 is 11.8 Å². The molecular weight excluding hydrogens is 452 g/mol. The molecule has 9 heteroatoms. The average molecular weight is 479 g/mol. The van der Waals surface area contributed by atoms with Crippen molar-refractivity contribution in [2.45, 2.75) is 20.3 Å². The number of hydrogen-bond donors (Lipinski definition) is 1. The van der Waals surface area contributed by atoms with E-state index in [1.165, 1.54) is 22.3 Å². The zero-order valence-electron chi connectivity index (χ0n) is 19.1. The molecule has 1 amide bonds. The van der Waals surface area contributed by atoms with Crippen LogP contribution in [0.2, 0.25) is 0 Å². The standard InChI is InChI=1S/C25H26N4O4S/c1-3-22-28-29-23(26)21(24(30)27-25(29)34-22)16-18-5-4-6-20(15-18)33-14-12-31-11-13-32-19-9-7-17(2)8-10-19/h4-10,15-16,26H,3,11-14H2,1-2H3/b21-16-,26-23?. The Morgan fingerprint density at radius 2 is 1.76 bits per heavy atom. The van der Waals surface area contributed by atoms with Crippen molar-refractivity contribution in [1.29, 1.82) is 5.41 Å². The molecule has 4 rings (SSSR count). The molecule has 2 heterocycles. The van der Waals surface area contributed by atoms with Gasteiger partial charge in [-0.3, -0.25) is 10.2 Å². The van der Waals surface area contributed by atoms with Crippen LogP contribution in [0.4, 0.5) is 0 Å². The average Bonchev–Trinajstić information content (AvgIpc) is 3.26. The van der Waals surface area contributed by atoms with Gasteiger partial charge in [0, 0.05) is 0 Å². The van der Waals surface area contributed by atoms with E-state index in [0.717, 1.165) is 22.8 Å². The molecule has 0 saturated carbocycles. The van der Waals surface area contributed by atoms with Gasteiger partial charge in [-0.05, 0) is 61.0 Å². The molecule has 0 unspecified atom stereocenters. The fourth-order valence-electron chi connectivity index (χ4n) is 3.21.